The van der Waals surface area contributed by atoms with Gasteiger partial charge in [0.25, 0.3) is 0 Å². The lowest BCUT2D eigenvalue weighted by atomic mass is 10.2. The molecule has 0 unspecified atom stereocenters. The smallest absolute Gasteiger partial charge is 0.412 e. The number of carbonyl (C=O) groups excluding carboxylic acids is 1. The number of nitrogens with one attached hydrogen (secondary N) is 2. The Morgan fingerprint density at radius 3 is 2.56 bits per heavy atom. The third-order valence-electron chi connectivity index (χ3n) is 3.13. The maximum absolute atomic E-state index is 12.0. The van der Waals surface area contributed by atoms with E-state index in [1.54, 1.807) is 39.8 Å². The molecule has 2 rings (SSSR count). The van der Waals surface area contributed by atoms with Gasteiger partial charge in [-0.05, 0) is 45.9 Å². The van der Waals surface area contributed by atoms with E-state index in [1.165, 1.54) is 7.11 Å². The number of aryl methyl sites for hydroxylation is 1. The number of hydrogen-bond acceptors (Lipinski definition) is 7. The van der Waals surface area contributed by atoms with Crippen LogP contribution in [0, 0.1) is 6.92 Å². The van der Waals surface area contributed by atoms with E-state index in [2.05, 4.69) is 20.8 Å². The molecule has 1 aromatic carbocycles. The molecule has 0 fully saturated rings. The Bertz CT molecular complexity index is 736. The van der Waals surface area contributed by atoms with Crippen molar-refractivity contribution in [2.24, 2.45) is 0 Å². The number of nitrogens with zero attached hydrogens (tertiary/aromatic N) is 2. The summed E-state index contributed by atoms with van der Waals surface area (Å²) in [4.78, 5) is 12.0. The third-order valence-corrected chi connectivity index (χ3v) is 3.13. The Hall–Kier alpha value is -2.77. The van der Waals surface area contributed by atoms with E-state index in [0.29, 0.717) is 23.2 Å². The molecule has 1 amide bonds. The zero-order valence-corrected chi connectivity index (χ0v) is 15.3. The SMILES string of the molecule is COc1ccc(N[C@H](C)c2nnc(C)o2)cc1NC(=O)OC(C)(C)C. The van der Waals surface area contributed by atoms with Crippen LogP contribution in [0.4, 0.5) is 16.2 Å². The van der Waals surface area contributed by atoms with E-state index in [9.17, 15) is 4.79 Å². The first-order valence-corrected chi connectivity index (χ1v) is 7.92. The molecule has 136 valence electrons. The van der Waals surface area contributed by atoms with Gasteiger partial charge in [0.15, 0.2) is 0 Å². The van der Waals surface area contributed by atoms with Gasteiger partial charge >= 0.3 is 6.09 Å². The van der Waals surface area contributed by atoms with Crippen molar-refractivity contribution in [1.29, 1.82) is 0 Å². The molecule has 2 aromatic rings. The standard InChI is InChI=1S/C17H24N4O4/c1-10(15-21-20-11(2)24-15)18-12-7-8-14(23-6)13(9-12)19-16(22)25-17(3,4)5/h7-10,18H,1-6H3,(H,19,22)/t10-/m1/s1. The van der Waals surface area contributed by atoms with Crippen LogP contribution < -0.4 is 15.4 Å². The summed E-state index contributed by atoms with van der Waals surface area (Å²) in [5, 5.41) is 13.7. The van der Waals surface area contributed by atoms with Gasteiger partial charge in [0.05, 0.1) is 12.8 Å². The minimum atomic E-state index is -0.586. The average Bonchev–Trinajstić information content (AvgIpc) is 2.92. The van der Waals surface area contributed by atoms with Crippen molar-refractivity contribution in [1.82, 2.24) is 10.2 Å². The van der Waals surface area contributed by atoms with Crippen LogP contribution >= 0.6 is 0 Å². The number of ether oxygens (including phenoxy) is 2. The van der Waals surface area contributed by atoms with Gasteiger partial charge in [-0.2, -0.15) is 0 Å². The Morgan fingerprint density at radius 2 is 2.00 bits per heavy atom. The highest BCUT2D eigenvalue weighted by molar-refractivity contribution is 5.88. The normalized spacial score (nSPS) is 12.4. The van der Waals surface area contributed by atoms with E-state index < -0.39 is 11.7 Å². The molecule has 8 nitrogen and oxygen atoms in total. The number of carbonyl (C=O) groups is 1. The average molecular weight is 348 g/mol. The summed E-state index contributed by atoms with van der Waals surface area (Å²) >= 11 is 0. The molecule has 0 radical (unpaired) electrons. The fourth-order valence-corrected chi connectivity index (χ4v) is 2.11. The predicted octanol–water partition coefficient (Wildman–Crippen LogP) is 3.91. The van der Waals surface area contributed by atoms with Crippen LogP contribution in [0.2, 0.25) is 0 Å². The van der Waals surface area contributed by atoms with Crippen molar-refractivity contribution in [3.63, 3.8) is 0 Å². The second-order valence-corrected chi connectivity index (χ2v) is 6.57. The van der Waals surface area contributed by atoms with Crippen molar-refractivity contribution in [3.05, 3.63) is 30.0 Å². The molecule has 0 aliphatic heterocycles. The summed E-state index contributed by atoms with van der Waals surface area (Å²) < 4.78 is 16.0. The van der Waals surface area contributed by atoms with Gasteiger partial charge in [-0.25, -0.2) is 4.79 Å². The number of benzene rings is 1. The van der Waals surface area contributed by atoms with E-state index >= 15 is 0 Å². The molecule has 0 aliphatic carbocycles. The molecule has 0 saturated heterocycles. The lowest BCUT2D eigenvalue weighted by Gasteiger charge is -2.21. The van der Waals surface area contributed by atoms with Gasteiger partial charge in [-0.1, -0.05) is 0 Å². The fourth-order valence-electron chi connectivity index (χ4n) is 2.11. The summed E-state index contributed by atoms with van der Waals surface area (Å²) in [7, 11) is 1.53. The molecular weight excluding hydrogens is 324 g/mol. The molecule has 8 heteroatoms. The van der Waals surface area contributed by atoms with Crippen LogP contribution in [-0.2, 0) is 4.74 Å². The largest absolute Gasteiger partial charge is 0.495 e. The molecule has 0 aliphatic rings. The monoisotopic (exact) mass is 348 g/mol. The molecule has 0 saturated carbocycles. The van der Waals surface area contributed by atoms with Crippen molar-refractivity contribution in [2.45, 2.75) is 46.3 Å². The van der Waals surface area contributed by atoms with Crippen LogP contribution in [0.1, 0.15) is 45.5 Å². The second kappa shape index (κ2) is 7.42. The molecular formula is C17H24N4O4. The number of hydrogen-bond donors (Lipinski definition) is 2. The summed E-state index contributed by atoms with van der Waals surface area (Å²) in [6.45, 7) is 9.04. The van der Waals surface area contributed by atoms with E-state index in [0.717, 1.165) is 5.69 Å². The first kappa shape index (κ1) is 18.6. The zero-order chi connectivity index (χ0) is 18.6. The van der Waals surface area contributed by atoms with Crippen molar-refractivity contribution in [2.75, 3.05) is 17.7 Å². The molecule has 2 N–H and O–H groups in total. The maximum Gasteiger partial charge on any atom is 0.412 e. The number of aromatic nitrogens is 2. The van der Waals surface area contributed by atoms with E-state index in [4.69, 9.17) is 13.9 Å². The van der Waals surface area contributed by atoms with Crippen LogP contribution in [0.3, 0.4) is 0 Å². The fraction of sp³-hybridized carbons (Fsp3) is 0.471. The maximum atomic E-state index is 12.0. The van der Waals surface area contributed by atoms with Crippen molar-refractivity contribution >= 4 is 17.5 Å². The Labute approximate surface area is 146 Å². The van der Waals surface area contributed by atoms with Crippen LogP contribution in [0.5, 0.6) is 5.75 Å². The van der Waals surface area contributed by atoms with Crippen molar-refractivity contribution in [3.8, 4) is 5.75 Å². The highest BCUT2D eigenvalue weighted by Gasteiger charge is 2.18. The molecule has 25 heavy (non-hydrogen) atoms. The Balaban J connectivity index is 2.14. The summed E-state index contributed by atoms with van der Waals surface area (Å²) in [5.41, 5.74) is 0.670. The molecule has 0 spiro atoms. The van der Waals surface area contributed by atoms with Gasteiger partial charge < -0.3 is 19.2 Å². The molecule has 1 heterocycles. The number of rotatable bonds is 5. The van der Waals surface area contributed by atoms with Crippen LogP contribution in [0.15, 0.2) is 22.6 Å². The summed E-state index contributed by atoms with van der Waals surface area (Å²) in [6.07, 6.45) is -0.552. The Morgan fingerprint density at radius 1 is 1.28 bits per heavy atom. The molecule has 1 aromatic heterocycles. The highest BCUT2D eigenvalue weighted by atomic mass is 16.6. The minimum Gasteiger partial charge on any atom is -0.495 e. The van der Waals surface area contributed by atoms with Crippen LogP contribution in [-0.4, -0.2) is 29.0 Å². The highest BCUT2D eigenvalue weighted by Crippen LogP contribution is 2.30. The Kier molecular flexibility index (Phi) is 5.51. The predicted molar refractivity (Wildman–Crippen MR) is 93.9 cm³/mol. The summed E-state index contributed by atoms with van der Waals surface area (Å²) in [6, 6.07) is 5.14. The van der Waals surface area contributed by atoms with Gasteiger partial charge in [0, 0.05) is 12.6 Å². The van der Waals surface area contributed by atoms with Gasteiger partial charge in [-0.15, -0.1) is 10.2 Å². The number of anilines is 2. The number of amides is 1. The van der Waals surface area contributed by atoms with Crippen LogP contribution in [0.25, 0.3) is 0 Å². The zero-order valence-electron chi connectivity index (χ0n) is 15.3. The van der Waals surface area contributed by atoms with Gasteiger partial charge in [-0.3, -0.25) is 5.32 Å². The topological polar surface area (TPSA) is 98.5 Å². The van der Waals surface area contributed by atoms with E-state index in [-0.39, 0.29) is 6.04 Å². The first-order chi connectivity index (χ1) is 11.7. The number of methoxy groups -OCH3 is 1. The minimum absolute atomic E-state index is 0.191. The molecule has 0 bridgehead atoms. The van der Waals surface area contributed by atoms with Crippen molar-refractivity contribution < 1.29 is 18.7 Å². The lowest BCUT2D eigenvalue weighted by molar-refractivity contribution is 0.0635. The second-order valence-electron chi connectivity index (χ2n) is 6.57. The van der Waals surface area contributed by atoms with E-state index in [1.807, 2.05) is 13.0 Å². The quantitative estimate of drug-likeness (QED) is 0.845. The molecule has 1 atom stereocenters. The lowest BCUT2D eigenvalue weighted by Crippen LogP contribution is -2.27. The third kappa shape index (κ3) is 5.37. The van der Waals surface area contributed by atoms with Gasteiger partial charge in [0.1, 0.15) is 17.4 Å². The van der Waals surface area contributed by atoms with Gasteiger partial charge in [0.2, 0.25) is 11.8 Å². The summed E-state index contributed by atoms with van der Waals surface area (Å²) in [5.74, 6) is 1.51. The first-order valence-electron chi connectivity index (χ1n) is 7.92.